The molecule has 4 N–H and O–H groups in total. The SMILES string of the molecule is C#Cc1ccc(Cc2cc([C@@H]3OC(CO)[C@@H](O)[C@H](O)[C@H]3O)ccc2F)cc1. The summed E-state index contributed by atoms with van der Waals surface area (Å²) in [5, 5.41) is 39.4. The maximum atomic E-state index is 14.3. The summed E-state index contributed by atoms with van der Waals surface area (Å²) >= 11 is 0. The van der Waals surface area contributed by atoms with Gasteiger partial charge in [0.2, 0.25) is 0 Å². The van der Waals surface area contributed by atoms with Crippen LogP contribution < -0.4 is 0 Å². The van der Waals surface area contributed by atoms with E-state index in [-0.39, 0.29) is 0 Å². The molecule has 1 aliphatic heterocycles. The van der Waals surface area contributed by atoms with E-state index in [0.29, 0.717) is 17.5 Å². The van der Waals surface area contributed by atoms with Crippen molar-refractivity contribution < 1.29 is 29.6 Å². The first kappa shape index (κ1) is 19.5. The van der Waals surface area contributed by atoms with E-state index in [0.717, 1.165) is 11.1 Å². The number of halogens is 1. The summed E-state index contributed by atoms with van der Waals surface area (Å²) in [4.78, 5) is 0. The van der Waals surface area contributed by atoms with Crippen LogP contribution >= 0.6 is 0 Å². The molecule has 0 radical (unpaired) electrons. The fraction of sp³-hybridized carbons (Fsp3) is 0.333. The van der Waals surface area contributed by atoms with Crippen molar-refractivity contribution in [2.45, 2.75) is 36.9 Å². The second-order valence-corrected chi connectivity index (χ2v) is 6.62. The van der Waals surface area contributed by atoms with Gasteiger partial charge in [0.05, 0.1) is 6.61 Å². The highest BCUT2D eigenvalue weighted by Gasteiger charge is 2.44. The van der Waals surface area contributed by atoms with Gasteiger partial charge >= 0.3 is 0 Å². The molecule has 1 unspecified atom stereocenters. The molecule has 27 heavy (non-hydrogen) atoms. The number of benzene rings is 2. The maximum Gasteiger partial charge on any atom is 0.126 e. The summed E-state index contributed by atoms with van der Waals surface area (Å²) in [6.07, 6.45) is -0.694. The number of rotatable bonds is 4. The van der Waals surface area contributed by atoms with Crippen molar-refractivity contribution in [3.05, 3.63) is 70.5 Å². The lowest BCUT2D eigenvalue weighted by Gasteiger charge is -2.40. The Bertz CT molecular complexity index is 827. The number of aliphatic hydroxyl groups is 4. The lowest BCUT2D eigenvalue weighted by Crippen LogP contribution is -2.55. The summed E-state index contributed by atoms with van der Waals surface area (Å²) in [5.74, 6) is 2.11. The summed E-state index contributed by atoms with van der Waals surface area (Å²) in [6, 6.07) is 11.4. The van der Waals surface area contributed by atoms with Crippen LogP contribution in [0.4, 0.5) is 4.39 Å². The number of ether oxygens (including phenoxy) is 1. The van der Waals surface area contributed by atoms with E-state index in [4.69, 9.17) is 11.2 Å². The first-order chi connectivity index (χ1) is 12.9. The molecule has 2 aromatic carbocycles. The smallest absolute Gasteiger partial charge is 0.126 e. The van der Waals surface area contributed by atoms with E-state index in [1.807, 2.05) is 12.1 Å². The lowest BCUT2D eigenvalue weighted by atomic mass is 9.90. The second kappa shape index (κ2) is 8.17. The minimum Gasteiger partial charge on any atom is -0.394 e. The second-order valence-electron chi connectivity index (χ2n) is 6.62. The van der Waals surface area contributed by atoms with Crippen molar-refractivity contribution >= 4 is 0 Å². The van der Waals surface area contributed by atoms with Crippen LogP contribution in [0, 0.1) is 18.2 Å². The van der Waals surface area contributed by atoms with Gasteiger partial charge in [0.1, 0.15) is 36.3 Å². The quantitative estimate of drug-likeness (QED) is 0.599. The van der Waals surface area contributed by atoms with Gasteiger partial charge in [-0.2, -0.15) is 0 Å². The van der Waals surface area contributed by atoms with Crippen molar-refractivity contribution in [2.24, 2.45) is 0 Å². The molecule has 3 rings (SSSR count). The van der Waals surface area contributed by atoms with Gasteiger partial charge in [0, 0.05) is 12.0 Å². The predicted octanol–water partition coefficient (Wildman–Crippen LogP) is 0.913. The highest BCUT2D eigenvalue weighted by Crippen LogP contribution is 2.33. The molecule has 0 amide bonds. The minimum absolute atomic E-state index is 0.307. The lowest BCUT2D eigenvalue weighted by molar-refractivity contribution is -0.231. The van der Waals surface area contributed by atoms with Crippen LogP contribution in [0.5, 0.6) is 0 Å². The monoisotopic (exact) mass is 372 g/mol. The first-order valence-corrected chi connectivity index (χ1v) is 8.59. The molecule has 0 bridgehead atoms. The molecular weight excluding hydrogens is 351 g/mol. The molecule has 1 fully saturated rings. The van der Waals surface area contributed by atoms with Gasteiger partial charge in [-0.25, -0.2) is 4.39 Å². The molecule has 0 spiro atoms. The highest BCUT2D eigenvalue weighted by molar-refractivity contribution is 5.37. The normalized spacial score (nSPS) is 27.9. The van der Waals surface area contributed by atoms with Gasteiger partial charge in [-0.3, -0.25) is 0 Å². The van der Waals surface area contributed by atoms with Crippen LogP contribution in [0.1, 0.15) is 28.4 Å². The molecule has 1 heterocycles. The molecule has 5 atom stereocenters. The molecule has 6 heteroatoms. The zero-order chi connectivity index (χ0) is 19.6. The highest BCUT2D eigenvalue weighted by atomic mass is 19.1. The molecule has 142 valence electrons. The zero-order valence-electron chi connectivity index (χ0n) is 14.5. The number of aliphatic hydroxyl groups excluding tert-OH is 4. The predicted molar refractivity (Wildman–Crippen MR) is 96.3 cm³/mol. The molecule has 0 aromatic heterocycles. The Morgan fingerprint density at radius 2 is 1.70 bits per heavy atom. The van der Waals surface area contributed by atoms with Crippen LogP contribution in [0.3, 0.4) is 0 Å². The zero-order valence-corrected chi connectivity index (χ0v) is 14.5. The van der Waals surface area contributed by atoms with E-state index in [1.165, 1.54) is 12.1 Å². The van der Waals surface area contributed by atoms with Crippen LogP contribution in [0.2, 0.25) is 0 Å². The van der Waals surface area contributed by atoms with Crippen molar-refractivity contribution in [3.8, 4) is 12.3 Å². The third kappa shape index (κ3) is 4.03. The fourth-order valence-electron chi connectivity index (χ4n) is 3.22. The van der Waals surface area contributed by atoms with Crippen molar-refractivity contribution in [2.75, 3.05) is 6.61 Å². The van der Waals surface area contributed by atoms with Gasteiger partial charge in [-0.05, 0) is 41.0 Å². The van der Waals surface area contributed by atoms with E-state index in [9.17, 15) is 24.8 Å². The summed E-state index contributed by atoms with van der Waals surface area (Å²) in [6.45, 7) is -0.517. The van der Waals surface area contributed by atoms with Crippen LogP contribution in [-0.4, -0.2) is 51.4 Å². The molecule has 0 saturated carbocycles. The minimum atomic E-state index is -1.48. The van der Waals surface area contributed by atoms with Crippen LogP contribution in [0.25, 0.3) is 0 Å². The van der Waals surface area contributed by atoms with Crippen LogP contribution in [0.15, 0.2) is 42.5 Å². The Hall–Kier alpha value is -2.27. The standard InChI is InChI=1S/C21H21FO5/c1-2-12-3-5-13(6-4-12)9-15-10-14(7-8-16(15)22)21-20(26)19(25)18(24)17(11-23)27-21/h1,3-8,10,17-21,23-26H,9,11H2/t17?,18-,19+,20-,21+/m1/s1. The van der Waals surface area contributed by atoms with E-state index >= 15 is 0 Å². The third-order valence-electron chi connectivity index (χ3n) is 4.81. The Kier molecular flexibility index (Phi) is 5.90. The number of hydrogen-bond donors (Lipinski definition) is 4. The molecular formula is C21H21FO5. The molecule has 1 saturated heterocycles. The first-order valence-electron chi connectivity index (χ1n) is 8.59. The molecule has 2 aromatic rings. The Morgan fingerprint density at radius 3 is 2.33 bits per heavy atom. The Labute approximate surface area is 156 Å². The topological polar surface area (TPSA) is 90.2 Å². The van der Waals surface area contributed by atoms with Crippen molar-refractivity contribution in [1.29, 1.82) is 0 Å². The van der Waals surface area contributed by atoms with E-state index in [1.54, 1.807) is 18.2 Å². The summed E-state index contributed by atoms with van der Waals surface area (Å²) < 4.78 is 19.8. The Balaban J connectivity index is 1.86. The van der Waals surface area contributed by atoms with Crippen molar-refractivity contribution in [3.63, 3.8) is 0 Å². The van der Waals surface area contributed by atoms with Crippen molar-refractivity contribution in [1.82, 2.24) is 0 Å². The van der Waals surface area contributed by atoms with Gasteiger partial charge < -0.3 is 25.2 Å². The molecule has 1 aliphatic rings. The average Bonchev–Trinajstić information content (AvgIpc) is 2.69. The van der Waals surface area contributed by atoms with Crippen LogP contribution in [-0.2, 0) is 11.2 Å². The summed E-state index contributed by atoms with van der Waals surface area (Å²) in [5.41, 5.74) is 2.43. The molecule has 0 aliphatic carbocycles. The van der Waals surface area contributed by atoms with Gasteiger partial charge in [0.15, 0.2) is 0 Å². The van der Waals surface area contributed by atoms with E-state index < -0.39 is 42.9 Å². The summed E-state index contributed by atoms with van der Waals surface area (Å²) in [7, 11) is 0. The average molecular weight is 372 g/mol. The maximum absolute atomic E-state index is 14.3. The van der Waals surface area contributed by atoms with Gasteiger partial charge in [-0.15, -0.1) is 6.42 Å². The van der Waals surface area contributed by atoms with E-state index in [2.05, 4.69) is 5.92 Å². The fourth-order valence-corrected chi connectivity index (χ4v) is 3.22. The van der Waals surface area contributed by atoms with Gasteiger partial charge in [0.25, 0.3) is 0 Å². The Morgan fingerprint density at radius 1 is 1.00 bits per heavy atom. The number of terminal acetylenes is 1. The number of hydrogen-bond acceptors (Lipinski definition) is 5. The van der Waals surface area contributed by atoms with Gasteiger partial charge in [-0.1, -0.05) is 24.1 Å². The third-order valence-corrected chi connectivity index (χ3v) is 4.81. The largest absolute Gasteiger partial charge is 0.394 e. The molecule has 5 nitrogen and oxygen atoms in total.